The predicted molar refractivity (Wildman–Crippen MR) is 64.4 cm³/mol. The van der Waals surface area contributed by atoms with Gasteiger partial charge in [0.1, 0.15) is 17.4 Å². The zero-order valence-electron chi connectivity index (χ0n) is 9.63. The second-order valence-corrected chi connectivity index (χ2v) is 5.78. The molecule has 0 spiro atoms. The molecular weight excluding hydrogens is 277 g/mol. The number of carbonyl (C=O) groups excluding carboxylic acids is 1. The zero-order valence-corrected chi connectivity index (χ0v) is 10.4. The molecule has 0 fully saturated rings. The molecule has 0 heterocycles. The van der Waals surface area contributed by atoms with Crippen LogP contribution in [0.2, 0.25) is 0 Å². The number of hydrogen-bond acceptors (Lipinski definition) is 5. The van der Waals surface area contributed by atoms with Crippen LogP contribution in [0.5, 0.6) is 0 Å². The summed E-state index contributed by atoms with van der Waals surface area (Å²) in [6.45, 7) is 4.68. The number of amides is 1. The molecule has 0 saturated heterocycles. The molecule has 0 saturated carbocycles. The maximum atomic E-state index is 11.2. The Kier molecular flexibility index (Phi) is 8.09. The van der Waals surface area contributed by atoms with Crippen molar-refractivity contribution < 1.29 is 32.4 Å². The van der Waals surface area contributed by atoms with E-state index in [2.05, 4.69) is 0 Å². The average molecular weight is 293 g/mol. The van der Waals surface area contributed by atoms with Crippen molar-refractivity contribution in [3.05, 3.63) is 0 Å². The van der Waals surface area contributed by atoms with Crippen LogP contribution >= 0.6 is 0 Å². The predicted octanol–water partition coefficient (Wildman–Crippen LogP) is -0.796. The second-order valence-electron chi connectivity index (χ2n) is 4.29. The SMILES string of the molecule is CC(C)(C)OC(=O)N[C@@H](CS(=O)(=O)O)C(=O)O.[NaH]. The molecule has 102 valence electrons. The first kappa shape index (κ1) is 20.0. The Hall–Kier alpha value is -0.350. The van der Waals surface area contributed by atoms with E-state index in [-0.39, 0.29) is 29.6 Å². The Morgan fingerprint density at radius 1 is 1.33 bits per heavy atom. The number of alkyl carbamates (subject to hydrolysis) is 1. The van der Waals surface area contributed by atoms with Crippen molar-refractivity contribution in [3.63, 3.8) is 0 Å². The van der Waals surface area contributed by atoms with E-state index >= 15 is 0 Å². The van der Waals surface area contributed by atoms with Gasteiger partial charge in [0.2, 0.25) is 0 Å². The van der Waals surface area contributed by atoms with E-state index in [1.165, 1.54) is 0 Å². The Morgan fingerprint density at radius 3 is 2.06 bits per heavy atom. The Bertz CT molecular complexity index is 400. The van der Waals surface area contributed by atoms with E-state index in [0.717, 1.165) is 0 Å². The van der Waals surface area contributed by atoms with Crippen molar-refractivity contribution in [2.45, 2.75) is 32.4 Å². The Morgan fingerprint density at radius 2 is 1.78 bits per heavy atom. The van der Waals surface area contributed by atoms with Crippen LogP contribution in [0.1, 0.15) is 20.8 Å². The van der Waals surface area contributed by atoms with Crippen LogP contribution in [0.3, 0.4) is 0 Å². The van der Waals surface area contributed by atoms with Gasteiger partial charge in [0.15, 0.2) is 0 Å². The molecule has 0 unspecified atom stereocenters. The van der Waals surface area contributed by atoms with Gasteiger partial charge in [-0.2, -0.15) is 8.42 Å². The van der Waals surface area contributed by atoms with E-state index in [1.54, 1.807) is 20.8 Å². The third-order valence-electron chi connectivity index (χ3n) is 1.37. The van der Waals surface area contributed by atoms with Crippen LogP contribution in [-0.4, -0.2) is 77.1 Å². The molecule has 0 aliphatic rings. The fourth-order valence-corrected chi connectivity index (χ4v) is 1.48. The summed E-state index contributed by atoms with van der Waals surface area (Å²) in [7, 11) is -4.51. The normalized spacial score (nSPS) is 13.1. The number of carbonyl (C=O) groups is 2. The van der Waals surface area contributed by atoms with Gasteiger partial charge in [-0.15, -0.1) is 0 Å². The van der Waals surface area contributed by atoms with Gasteiger partial charge < -0.3 is 15.2 Å². The van der Waals surface area contributed by atoms with E-state index < -0.39 is 39.6 Å². The second kappa shape index (κ2) is 7.29. The molecule has 10 heteroatoms. The number of carboxylic acid groups (broad SMARTS) is 1. The standard InChI is InChI=1S/C8H15NO7S.Na.H/c1-8(2,3)16-7(12)9-5(6(10)11)4-17(13,14)15;;/h5H,4H2,1-3H3,(H,9,12)(H,10,11)(H,13,14,15);;/t5-;;/m0../s1. The topological polar surface area (TPSA) is 130 Å². The third kappa shape index (κ3) is 10.8. The summed E-state index contributed by atoms with van der Waals surface area (Å²) < 4.78 is 34.3. The van der Waals surface area contributed by atoms with Gasteiger partial charge in [-0.05, 0) is 20.8 Å². The first-order valence-corrected chi connectivity index (χ1v) is 6.19. The molecule has 0 aromatic rings. The maximum absolute atomic E-state index is 11.2. The number of aliphatic carboxylic acids is 1. The van der Waals surface area contributed by atoms with Gasteiger partial charge >= 0.3 is 41.6 Å². The van der Waals surface area contributed by atoms with Crippen LogP contribution in [0.4, 0.5) is 4.79 Å². The molecule has 0 radical (unpaired) electrons. The zero-order chi connectivity index (χ0) is 13.9. The summed E-state index contributed by atoms with van der Waals surface area (Å²) in [6.07, 6.45) is -1.08. The summed E-state index contributed by atoms with van der Waals surface area (Å²) in [5.41, 5.74) is -0.842. The fourth-order valence-electron chi connectivity index (χ4n) is 0.835. The third-order valence-corrected chi connectivity index (χ3v) is 2.12. The summed E-state index contributed by atoms with van der Waals surface area (Å²) >= 11 is 0. The molecule has 18 heavy (non-hydrogen) atoms. The van der Waals surface area contributed by atoms with Gasteiger partial charge in [0.05, 0.1) is 0 Å². The molecule has 0 aromatic carbocycles. The first-order chi connectivity index (χ1) is 7.41. The molecule has 0 aliphatic carbocycles. The molecule has 0 aliphatic heterocycles. The number of ether oxygens (including phenoxy) is 1. The van der Waals surface area contributed by atoms with Crippen LogP contribution < -0.4 is 5.32 Å². The van der Waals surface area contributed by atoms with Crippen molar-refractivity contribution in [1.82, 2.24) is 5.32 Å². The van der Waals surface area contributed by atoms with Gasteiger partial charge in [0, 0.05) is 0 Å². The molecule has 0 rings (SSSR count). The quantitative estimate of drug-likeness (QED) is 0.457. The molecule has 1 amide bonds. The van der Waals surface area contributed by atoms with Gasteiger partial charge in [0.25, 0.3) is 10.1 Å². The van der Waals surface area contributed by atoms with E-state index in [9.17, 15) is 18.0 Å². The van der Waals surface area contributed by atoms with Gasteiger partial charge in [-0.1, -0.05) is 0 Å². The van der Waals surface area contributed by atoms with Crippen LogP contribution in [0, 0.1) is 0 Å². The monoisotopic (exact) mass is 293 g/mol. The molecule has 8 nitrogen and oxygen atoms in total. The molecule has 0 aromatic heterocycles. The molecule has 3 N–H and O–H groups in total. The summed E-state index contributed by atoms with van der Waals surface area (Å²) in [6, 6.07) is -1.76. The van der Waals surface area contributed by atoms with Crippen molar-refractivity contribution in [1.29, 1.82) is 0 Å². The number of nitrogens with one attached hydrogen (secondary N) is 1. The minimum atomic E-state index is -4.51. The Balaban J connectivity index is 0. The van der Waals surface area contributed by atoms with Crippen LogP contribution in [0.15, 0.2) is 0 Å². The van der Waals surface area contributed by atoms with Gasteiger partial charge in [-0.3, -0.25) is 4.55 Å². The number of carboxylic acids is 1. The molecular formula is C8H16NNaO7S. The summed E-state index contributed by atoms with van der Waals surface area (Å²) in [5, 5.41) is 10.5. The van der Waals surface area contributed by atoms with Crippen molar-refractivity contribution >= 4 is 51.7 Å². The number of hydrogen-bond donors (Lipinski definition) is 3. The summed E-state index contributed by atoms with van der Waals surface area (Å²) in [5.74, 6) is -2.71. The van der Waals surface area contributed by atoms with Crippen LogP contribution in [0.25, 0.3) is 0 Å². The van der Waals surface area contributed by atoms with E-state index in [1.807, 2.05) is 5.32 Å². The van der Waals surface area contributed by atoms with Crippen molar-refractivity contribution in [2.24, 2.45) is 0 Å². The van der Waals surface area contributed by atoms with Crippen LogP contribution in [-0.2, 0) is 19.6 Å². The summed E-state index contributed by atoms with van der Waals surface area (Å²) in [4.78, 5) is 21.8. The van der Waals surface area contributed by atoms with E-state index in [0.29, 0.717) is 0 Å². The average Bonchev–Trinajstić information content (AvgIpc) is 1.95. The number of rotatable bonds is 4. The molecule has 1 atom stereocenters. The molecule has 0 bridgehead atoms. The van der Waals surface area contributed by atoms with Crippen molar-refractivity contribution in [2.75, 3.05) is 5.75 Å². The minimum absolute atomic E-state index is 0. The van der Waals surface area contributed by atoms with E-state index in [4.69, 9.17) is 14.4 Å². The Labute approximate surface area is 127 Å². The first-order valence-electron chi connectivity index (χ1n) is 4.58. The van der Waals surface area contributed by atoms with Crippen molar-refractivity contribution in [3.8, 4) is 0 Å². The fraction of sp³-hybridized carbons (Fsp3) is 0.750. The van der Waals surface area contributed by atoms with Gasteiger partial charge in [-0.25, -0.2) is 9.59 Å².